The Morgan fingerprint density at radius 2 is 2.17 bits per heavy atom. The van der Waals surface area contributed by atoms with Crippen molar-refractivity contribution >= 4 is 17.5 Å². The molecule has 1 aromatic carbocycles. The second-order valence-corrected chi connectivity index (χ2v) is 4.60. The molecule has 18 heavy (non-hydrogen) atoms. The van der Waals surface area contributed by atoms with E-state index in [4.69, 9.17) is 11.6 Å². The summed E-state index contributed by atoms with van der Waals surface area (Å²) in [5.74, 6) is 0.664. The molecule has 0 unspecified atom stereocenters. The van der Waals surface area contributed by atoms with Gasteiger partial charge < -0.3 is 5.32 Å². The molecular formula is C14H16ClN3. The number of rotatable bonds is 4. The monoisotopic (exact) mass is 261 g/mol. The second-order valence-electron chi connectivity index (χ2n) is 4.16. The van der Waals surface area contributed by atoms with Gasteiger partial charge in [-0.3, -0.25) is 0 Å². The highest BCUT2D eigenvalue weighted by molar-refractivity contribution is 6.30. The normalized spacial score (nSPS) is 10.4. The van der Waals surface area contributed by atoms with Crippen LogP contribution >= 0.6 is 11.6 Å². The van der Waals surface area contributed by atoms with Gasteiger partial charge in [-0.05, 0) is 31.0 Å². The zero-order valence-electron chi connectivity index (χ0n) is 10.6. The Morgan fingerprint density at radius 1 is 1.33 bits per heavy atom. The summed E-state index contributed by atoms with van der Waals surface area (Å²) in [6.07, 6.45) is 2.88. The van der Waals surface area contributed by atoms with Gasteiger partial charge in [0.05, 0.1) is 5.69 Å². The summed E-state index contributed by atoms with van der Waals surface area (Å²) in [4.78, 5) is 8.81. The summed E-state index contributed by atoms with van der Waals surface area (Å²) in [6.45, 7) is 4.98. The number of nitrogens with one attached hydrogen (secondary N) is 1. The van der Waals surface area contributed by atoms with Crippen molar-refractivity contribution in [2.45, 2.75) is 20.3 Å². The molecule has 2 aromatic rings. The Balaban J connectivity index is 2.37. The molecule has 0 fully saturated rings. The molecule has 0 saturated heterocycles. The first kappa shape index (κ1) is 12.8. The molecule has 0 amide bonds. The van der Waals surface area contributed by atoms with Crippen LogP contribution in [0, 0.1) is 6.92 Å². The lowest BCUT2D eigenvalue weighted by Gasteiger charge is -2.08. The molecule has 0 saturated carbocycles. The highest BCUT2D eigenvalue weighted by atomic mass is 35.5. The minimum Gasteiger partial charge on any atom is -0.354 e. The number of anilines is 1. The number of nitrogens with zero attached hydrogens (tertiary/aromatic N) is 2. The highest BCUT2D eigenvalue weighted by Crippen LogP contribution is 2.24. The average Bonchev–Trinajstić information content (AvgIpc) is 2.38. The van der Waals surface area contributed by atoms with Gasteiger partial charge in [-0.2, -0.15) is 0 Å². The van der Waals surface area contributed by atoms with Crippen molar-refractivity contribution in [3.05, 3.63) is 41.0 Å². The smallest absolute Gasteiger partial charge is 0.223 e. The van der Waals surface area contributed by atoms with Gasteiger partial charge in [-0.15, -0.1) is 0 Å². The fourth-order valence-electron chi connectivity index (χ4n) is 1.69. The Hall–Kier alpha value is -1.61. The van der Waals surface area contributed by atoms with Gasteiger partial charge in [-0.1, -0.05) is 30.7 Å². The van der Waals surface area contributed by atoms with Crippen LogP contribution < -0.4 is 5.32 Å². The second kappa shape index (κ2) is 5.83. The zero-order chi connectivity index (χ0) is 13.0. The molecule has 1 aromatic heterocycles. The predicted octanol–water partition coefficient (Wildman–Crippen LogP) is 3.93. The molecule has 0 spiro atoms. The van der Waals surface area contributed by atoms with Crippen LogP contribution in [0.2, 0.25) is 5.02 Å². The Bertz CT molecular complexity index is 540. The molecular weight excluding hydrogens is 246 g/mol. The summed E-state index contributed by atoms with van der Waals surface area (Å²) < 4.78 is 0. The molecule has 1 N–H and O–H groups in total. The maximum Gasteiger partial charge on any atom is 0.223 e. The number of hydrogen-bond acceptors (Lipinski definition) is 3. The van der Waals surface area contributed by atoms with Crippen LogP contribution in [-0.2, 0) is 0 Å². The van der Waals surface area contributed by atoms with Gasteiger partial charge >= 0.3 is 0 Å². The summed E-state index contributed by atoms with van der Waals surface area (Å²) in [7, 11) is 0. The van der Waals surface area contributed by atoms with Crippen LogP contribution in [0.25, 0.3) is 11.3 Å². The highest BCUT2D eigenvalue weighted by Gasteiger charge is 2.06. The molecule has 0 radical (unpaired) electrons. The third-order valence-electron chi connectivity index (χ3n) is 2.60. The van der Waals surface area contributed by atoms with Gasteiger partial charge in [-0.25, -0.2) is 9.97 Å². The van der Waals surface area contributed by atoms with Crippen LogP contribution in [-0.4, -0.2) is 16.5 Å². The van der Waals surface area contributed by atoms with E-state index in [1.54, 1.807) is 0 Å². The first-order valence-corrected chi connectivity index (χ1v) is 6.42. The lowest BCUT2D eigenvalue weighted by atomic mass is 10.1. The number of aryl methyl sites for hydroxylation is 1. The molecule has 4 heteroatoms. The SMILES string of the molecule is CCCNc1ncc(C)c(-c2cccc(Cl)c2)n1. The van der Waals surface area contributed by atoms with Crippen molar-refractivity contribution in [3.63, 3.8) is 0 Å². The van der Waals surface area contributed by atoms with E-state index in [1.807, 2.05) is 37.4 Å². The standard InChI is InChI=1S/C14H16ClN3/c1-3-7-16-14-17-9-10(2)13(18-14)11-5-4-6-12(15)8-11/h4-6,8-9H,3,7H2,1-2H3,(H,16,17,18). The maximum absolute atomic E-state index is 6.01. The Morgan fingerprint density at radius 3 is 2.89 bits per heavy atom. The minimum absolute atomic E-state index is 0.664. The third-order valence-corrected chi connectivity index (χ3v) is 2.84. The molecule has 3 nitrogen and oxygen atoms in total. The van der Waals surface area contributed by atoms with E-state index in [9.17, 15) is 0 Å². The fraction of sp³-hybridized carbons (Fsp3) is 0.286. The molecule has 94 valence electrons. The Labute approximate surface area is 112 Å². The van der Waals surface area contributed by atoms with Crippen LogP contribution in [0.3, 0.4) is 0 Å². The van der Waals surface area contributed by atoms with Gasteiger partial charge in [0.25, 0.3) is 0 Å². The van der Waals surface area contributed by atoms with Crippen molar-refractivity contribution in [1.29, 1.82) is 0 Å². The molecule has 0 atom stereocenters. The van der Waals surface area contributed by atoms with Crippen molar-refractivity contribution in [2.24, 2.45) is 0 Å². The zero-order valence-corrected chi connectivity index (χ0v) is 11.3. The maximum atomic E-state index is 6.01. The molecule has 1 heterocycles. The quantitative estimate of drug-likeness (QED) is 0.906. The third kappa shape index (κ3) is 2.99. The number of hydrogen-bond donors (Lipinski definition) is 1. The van der Waals surface area contributed by atoms with E-state index < -0.39 is 0 Å². The number of aromatic nitrogens is 2. The van der Waals surface area contributed by atoms with Crippen LogP contribution in [0.1, 0.15) is 18.9 Å². The lowest BCUT2D eigenvalue weighted by molar-refractivity contribution is 0.951. The van der Waals surface area contributed by atoms with E-state index in [0.29, 0.717) is 11.0 Å². The van der Waals surface area contributed by atoms with E-state index in [2.05, 4.69) is 22.2 Å². The fourth-order valence-corrected chi connectivity index (χ4v) is 1.88. The van der Waals surface area contributed by atoms with Gasteiger partial charge in [0.15, 0.2) is 0 Å². The van der Waals surface area contributed by atoms with E-state index in [1.165, 1.54) is 0 Å². The summed E-state index contributed by atoms with van der Waals surface area (Å²) in [5.41, 5.74) is 2.98. The number of benzene rings is 1. The van der Waals surface area contributed by atoms with E-state index in [-0.39, 0.29) is 0 Å². The van der Waals surface area contributed by atoms with Crippen molar-refractivity contribution in [3.8, 4) is 11.3 Å². The van der Waals surface area contributed by atoms with E-state index >= 15 is 0 Å². The van der Waals surface area contributed by atoms with Crippen molar-refractivity contribution in [2.75, 3.05) is 11.9 Å². The lowest BCUT2D eigenvalue weighted by Crippen LogP contribution is -2.05. The van der Waals surface area contributed by atoms with Crippen LogP contribution in [0.15, 0.2) is 30.5 Å². The molecule has 0 bridgehead atoms. The summed E-state index contributed by atoms with van der Waals surface area (Å²) in [5, 5.41) is 3.91. The number of halogens is 1. The van der Waals surface area contributed by atoms with Gasteiger partial charge in [0.1, 0.15) is 0 Å². The largest absolute Gasteiger partial charge is 0.354 e. The molecule has 0 aliphatic rings. The summed E-state index contributed by atoms with van der Waals surface area (Å²) >= 11 is 6.01. The van der Waals surface area contributed by atoms with Crippen molar-refractivity contribution in [1.82, 2.24) is 9.97 Å². The first-order valence-electron chi connectivity index (χ1n) is 6.04. The topological polar surface area (TPSA) is 37.8 Å². The molecule has 0 aliphatic carbocycles. The first-order chi connectivity index (χ1) is 8.70. The van der Waals surface area contributed by atoms with Gasteiger partial charge in [0, 0.05) is 23.3 Å². The summed E-state index contributed by atoms with van der Waals surface area (Å²) in [6, 6.07) is 7.71. The molecule has 0 aliphatic heterocycles. The van der Waals surface area contributed by atoms with Crippen LogP contribution in [0.5, 0.6) is 0 Å². The van der Waals surface area contributed by atoms with Gasteiger partial charge in [0.2, 0.25) is 5.95 Å². The Kier molecular flexibility index (Phi) is 4.15. The minimum atomic E-state index is 0.664. The van der Waals surface area contributed by atoms with Crippen LogP contribution in [0.4, 0.5) is 5.95 Å². The van der Waals surface area contributed by atoms with E-state index in [0.717, 1.165) is 29.8 Å². The predicted molar refractivity (Wildman–Crippen MR) is 76.0 cm³/mol. The van der Waals surface area contributed by atoms with Crippen molar-refractivity contribution < 1.29 is 0 Å². The molecule has 2 rings (SSSR count). The average molecular weight is 262 g/mol.